The van der Waals surface area contributed by atoms with E-state index in [0.717, 1.165) is 35.9 Å². The number of likely N-dealkylation sites (N-methyl/N-ethyl adjacent to an activating group) is 1. The zero-order valence-corrected chi connectivity index (χ0v) is 13.5. The maximum Gasteiger partial charge on any atom is 0.236 e. The maximum atomic E-state index is 12.4. The van der Waals surface area contributed by atoms with Crippen LogP contribution in [0.3, 0.4) is 0 Å². The van der Waals surface area contributed by atoms with Crippen LogP contribution in [0.1, 0.15) is 18.4 Å². The third-order valence-corrected chi connectivity index (χ3v) is 4.33. The van der Waals surface area contributed by atoms with E-state index < -0.39 is 0 Å². The molecule has 0 saturated carbocycles. The third-order valence-electron chi connectivity index (χ3n) is 4.33. The van der Waals surface area contributed by atoms with Crippen LogP contribution in [0.5, 0.6) is 0 Å². The van der Waals surface area contributed by atoms with Gasteiger partial charge in [-0.15, -0.1) is 0 Å². The van der Waals surface area contributed by atoms with Crippen molar-refractivity contribution in [3.63, 3.8) is 0 Å². The van der Waals surface area contributed by atoms with E-state index in [4.69, 9.17) is 0 Å². The lowest BCUT2D eigenvalue weighted by atomic mass is 10.1. The fourth-order valence-electron chi connectivity index (χ4n) is 3.05. The van der Waals surface area contributed by atoms with Crippen molar-refractivity contribution in [2.45, 2.75) is 25.5 Å². The van der Waals surface area contributed by atoms with Gasteiger partial charge in [-0.25, -0.2) is 0 Å². The Morgan fingerprint density at radius 1 is 1.43 bits per heavy atom. The van der Waals surface area contributed by atoms with Crippen molar-refractivity contribution >= 4 is 16.8 Å². The number of β-amino-alcohol motifs (C(OH)–C–C–N with tert-alkyl or cyclic N) is 1. The Bertz CT molecular complexity index is 689. The maximum absolute atomic E-state index is 12.4. The number of para-hydroxylation sites is 1. The van der Waals surface area contributed by atoms with Crippen LogP contribution in [0.2, 0.25) is 0 Å². The van der Waals surface area contributed by atoms with Gasteiger partial charge in [-0.1, -0.05) is 18.2 Å². The van der Waals surface area contributed by atoms with Crippen molar-refractivity contribution in [3.05, 3.63) is 42.1 Å². The first kappa shape index (κ1) is 15.9. The number of benzene rings is 1. The Labute approximate surface area is 136 Å². The van der Waals surface area contributed by atoms with E-state index in [-0.39, 0.29) is 12.0 Å². The molecule has 1 aliphatic heterocycles. The predicted octanol–water partition coefficient (Wildman–Crippen LogP) is 1.65. The normalized spacial score (nSPS) is 19.0. The number of likely N-dealkylation sites (tertiary alicyclic amines) is 1. The number of nitrogens with zero attached hydrogens (tertiary/aromatic N) is 3. The molecule has 1 aromatic carbocycles. The predicted molar refractivity (Wildman–Crippen MR) is 89.9 cm³/mol. The lowest BCUT2D eigenvalue weighted by molar-refractivity contribution is -0.132. The summed E-state index contributed by atoms with van der Waals surface area (Å²) >= 11 is 0. The number of hydrogen-bond acceptors (Lipinski definition) is 4. The summed E-state index contributed by atoms with van der Waals surface area (Å²) in [5.74, 6) is 0.0762. The van der Waals surface area contributed by atoms with Gasteiger partial charge in [0, 0.05) is 31.7 Å². The molecule has 5 heteroatoms. The first-order valence-corrected chi connectivity index (χ1v) is 8.10. The number of fused-ring (bicyclic) bond motifs is 1. The average molecular weight is 313 g/mol. The highest BCUT2D eigenvalue weighted by Gasteiger charge is 2.21. The molecule has 0 radical (unpaired) electrons. The molecule has 0 bridgehead atoms. The zero-order chi connectivity index (χ0) is 16.2. The number of aliphatic hydroxyl groups is 1. The van der Waals surface area contributed by atoms with Crippen LogP contribution in [0.15, 0.2) is 36.5 Å². The van der Waals surface area contributed by atoms with E-state index in [9.17, 15) is 9.90 Å². The van der Waals surface area contributed by atoms with Crippen LogP contribution in [-0.2, 0) is 11.3 Å². The molecule has 1 fully saturated rings. The number of carbonyl (C=O) groups excluding carboxylic acids is 1. The Hall–Kier alpha value is -1.98. The Kier molecular flexibility index (Phi) is 4.88. The molecule has 1 aromatic heterocycles. The second kappa shape index (κ2) is 7.06. The Morgan fingerprint density at radius 2 is 2.26 bits per heavy atom. The molecule has 2 heterocycles. The van der Waals surface area contributed by atoms with Gasteiger partial charge in [-0.2, -0.15) is 0 Å². The summed E-state index contributed by atoms with van der Waals surface area (Å²) in [6, 6.07) is 10.1. The molecule has 122 valence electrons. The van der Waals surface area contributed by atoms with Gasteiger partial charge in [-0.3, -0.25) is 14.7 Å². The van der Waals surface area contributed by atoms with Gasteiger partial charge in [0.15, 0.2) is 0 Å². The van der Waals surface area contributed by atoms with E-state index >= 15 is 0 Å². The van der Waals surface area contributed by atoms with Crippen LogP contribution in [0.4, 0.5) is 0 Å². The van der Waals surface area contributed by atoms with E-state index in [1.807, 2.05) is 42.4 Å². The SMILES string of the molecule is CN(Cc1cnc2ccccc2c1)C(=O)CN1CCCC(O)C1. The van der Waals surface area contributed by atoms with E-state index in [2.05, 4.69) is 11.1 Å². The fourth-order valence-corrected chi connectivity index (χ4v) is 3.05. The molecular weight excluding hydrogens is 290 g/mol. The van der Waals surface area contributed by atoms with Gasteiger partial charge in [0.2, 0.25) is 5.91 Å². The van der Waals surface area contributed by atoms with Crippen molar-refractivity contribution in [2.24, 2.45) is 0 Å². The molecule has 3 rings (SSSR count). The molecule has 2 aromatic rings. The zero-order valence-electron chi connectivity index (χ0n) is 13.5. The van der Waals surface area contributed by atoms with Crippen molar-refractivity contribution in [1.82, 2.24) is 14.8 Å². The number of piperidine rings is 1. The van der Waals surface area contributed by atoms with Crippen molar-refractivity contribution in [2.75, 3.05) is 26.7 Å². The van der Waals surface area contributed by atoms with Crippen molar-refractivity contribution in [1.29, 1.82) is 0 Å². The number of aromatic nitrogens is 1. The Balaban J connectivity index is 1.60. The molecule has 5 nitrogen and oxygen atoms in total. The minimum Gasteiger partial charge on any atom is -0.392 e. The standard InChI is InChI=1S/C18H23N3O2/c1-20(18(23)13-21-8-4-6-16(22)12-21)11-14-9-15-5-2-3-7-17(15)19-10-14/h2-3,5,7,9-10,16,22H,4,6,8,11-13H2,1H3. The topological polar surface area (TPSA) is 56.7 Å². The van der Waals surface area contributed by atoms with Crippen LogP contribution in [0, 0.1) is 0 Å². The number of rotatable bonds is 4. The fraction of sp³-hybridized carbons (Fsp3) is 0.444. The highest BCUT2D eigenvalue weighted by molar-refractivity contribution is 5.80. The number of amides is 1. The van der Waals surface area contributed by atoms with Gasteiger partial charge in [0.1, 0.15) is 0 Å². The molecule has 1 unspecified atom stereocenters. The second-order valence-corrected chi connectivity index (χ2v) is 6.32. The third kappa shape index (κ3) is 4.06. The smallest absolute Gasteiger partial charge is 0.236 e. The van der Waals surface area contributed by atoms with E-state index in [0.29, 0.717) is 19.6 Å². The summed E-state index contributed by atoms with van der Waals surface area (Å²) in [6.45, 7) is 2.40. The van der Waals surface area contributed by atoms with Gasteiger partial charge < -0.3 is 10.0 Å². The second-order valence-electron chi connectivity index (χ2n) is 6.32. The van der Waals surface area contributed by atoms with Crippen LogP contribution in [0.25, 0.3) is 10.9 Å². The molecule has 1 N–H and O–H groups in total. The number of pyridine rings is 1. The quantitative estimate of drug-likeness (QED) is 0.932. The Morgan fingerprint density at radius 3 is 3.09 bits per heavy atom. The molecule has 0 aliphatic carbocycles. The lowest BCUT2D eigenvalue weighted by Crippen LogP contribution is -2.44. The van der Waals surface area contributed by atoms with Gasteiger partial charge in [0.05, 0.1) is 18.2 Å². The summed E-state index contributed by atoms with van der Waals surface area (Å²) in [5, 5.41) is 10.8. The van der Waals surface area contributed by atoms with Gasteiger partial charge >= 0.3 is 0 Å². The summed E-state index contributed by atoms with van der Waals surface area (Å²) in [7, 11) is 1.82. The molecule has 23 heavy (non-hydrogen) atoms. The first-order chi connectivity index (χ1) is 11.1. The van der Waals surface area contributed by atoms with Crippen LogP contribution >= 0.6 is 0 Å². The van der Waals surface area contributed by atoms with E-state index in [1.54, 1.807) is 4.90 Å². The monoisotopic (exact) mass is 313 g/mol. The molecule has 1 atom stereocenters. The van der Waals surface area contributed by atoms with Crippen molar-refractivity contribution in [3.8, 4) is 0 Å². The summed E-state index contributed by atoms with van der Waals surface area (Å²) in [5.41, 5.74) is 1.99. The number of carbonyl (C=O) groups is 1. The molecular formula is C18H23N3O2. The largest absolute Gasteiger partial charge is 0.392 e. The highest BCUT2D eigenvalue weighted by atomic mass is 16.3. The lowest BCUT2D eigenvalue weighted by Gasteiger charge is -2.30. The van der Waals surface area contributed by atoms with Gasteiger partial charge in [-0.05, 0) is 37.1 Å². The molecule has 0 spiro atoms. The summed E-state index contributed by atoms with van der Waals surface area (Å²) in [4.78, 5) is 20.6. The molecule has 1 amide bonds. The molecule has 1 saturated heterocycles. The highest BCUT2D eigenvalue weighted by Crippen LogP contribution is 2.14. The molecule has 1 aliphatic rings. The summed E-state index contributed by atoms with van der Waals surface area (Å²) in [6.07, 6.45) is 3.32. The number of aliphatic hydroxyl groups excluding tert-OH is 1. The van der Waals surface area contributed by atoms with Gasteiger partial charge in [0.25, 0.3) is 0 Å². The average Bonchev–Trinajstić information content (AvgIpc) is 2.54. The number of hydrogen-bond donors (Lipinski definition) is 1. The minimum absolute atomic E-state index is 0.0762. The minimum atomic E-state index is -0.299. The van der Waals surface area contributed by atoms with Crippen LogP contribution < -0.4 is 0 Å². The first-order valence-electron chi connectivity index (χ1n) is 8.10. The van der Waals surface area contributed by atoms with E-state index in [1.165, 1.54) is 0 Å². The summed E-state index contributed by atoms with van der Waals surface area (Å²) < 4.78 is 0. The van der Waals surface area contributed by atoms with Crippen LogP contribution in [-0.4, -0.2) is 58.6 Å². The van der Waals surface area contributed by atoms with Crippen molar-refractivity contribution < 1.29 is 9.90 Å².